The maximum absolute atomic E-state index is 10.9. The van der Waals surface area contributed by atoms with Gasteiger partial charge in [-0.25, -0.2) is 28.9 Å². The summed E-state index contributed by atoms with van der Waals surface area (Å²) in [7, 11) is 0. The first-order valence-electron chi connectivity index (χ1n) is 4.14. The molecule has 0 fully saturated rings. The molecule has 2 rings (SSSR count). The lowest BCUT2D eigenvalue weighted by Gasteiger charge is -2.04. The first kappa shape index (κ1) is 9.90. The highest BCUT2D eigenvalue weighted by atomic mass is 16.4. The van der Waals surface area contributed by atoms with E-state index in [4.69, 9.17) is 10.2 Å². The summed E-state index contributed by atoms with van der Waals surface area (Å²) >= 11 is 0. The predicted molar refractivity (Wildman–Crippen MR) is 49.2 cm³/mol. The molecule has 0 aliphatic heterocycles. The average molecular weight is 222 g/mol. The second kappa shape index (κ2) is 3.50. The van der Waals surface area contributed by atoms with Gasteiger partial charge in [0, 0.05) is 12.4 Å². The molecule has 82 valence electrons. The largest absolute Gasteiger partial charge is 0.476 e. The SMILES string of the molecule is O=C(O)c1ncn(-n2ccnc2)c1C(=O)O. The second-order valence-corrected chi connectivity index (χ2v) is 2.84. The Hall–Kier alpha value is -2.64. The van der Waals surface area contributed by atoms with Gasteiger partial charge in [0.15, 0.2) is 11.4 Å². The van der Waals surface area contributed by atoms with E-state index in [1.165, 1.54) is 23.4 Å². The van der Waals surface area contributed by atoms with Crippen LogP contribution in [-0.2, 0) is 0 Å². The van der Waals surface area contributed by atoms with Crippen LogP contribution in [0.4, 0.5) is 0 Å². The van der Waals surface area contributed by atoms with Crippen molar-refractivity contribution < 1.29 is 19.8 Å². The first-order chi connectivity index (χ1) is 7.61. The molecule has 0 aliphatic rings. The number of hydrogen-bond acceptors (Lipinski definition) is 4. The second-order valence-electron chi connectivity index (χ2n) is 2.84. The minimum Gasteiger partial charge on any atom is -0.476 e. The number of hydrogen-bond donors (Lipinski definition) is 2. The van der Waals surface area contributed by atoms with Gasteiger partial charge in [0.1, 0.15) is 12.7 Å². The molecule has 0 radical (unpaired) electrons. The lowest BCUT2D eigenvalue weighted by molar-refractivity contribution is 0.0639. The maximum Gasteiger partial charge on any atom is 0.357 e. The van der Waals surface area contributed by atoms with Crippen LogP contribution in [0, 0.1) is 0 Å². The van der Waals surface area contributed by atoms with E-state index in [-0.39, 0.29) is 0 Å². The molecular formula is C8H6N4O4. The molecule has 8 nitrogen and oxygen atoms in total. The highest BCUT2D eigenvalue weighted by Crippen LogP contribution is 2.08. The summed E-state index contributed by atoms with van der Waals surface area (Å²) in [6.07, 6.45) is 5.35. The van der Waals surface area contributed by atoms with Gasteiger partial charge in [-0.15, -0.1) is 0 Å². The molecule has 0 bridgehead atoms. The Labute approximate surface area is 88.4 Å². The van der Waals surface area contributed by atoms with E-state index in [9.17, 15) is 9.59 Å². The Balaban J connectivity index is 2.64. The zero-order valence-electron chi connectivity index (χ0n) is 7.81. The van der Waals surface area contributed by atoms with Crippen LogP contribution in [0.2, 0.25) is 0 Å². The van der Waals surface area contributed by atoms with Crippen molar-refractivity contribution in [3.8, 4) is 0 Å². The summed E-state index contributed by atoms with van der Waals surface area (Å²) in [4.78, 5) is 28.9. The number of carboxylic acids is 2. The van der Waals surface area contributed by atoms with Gasteiger partial charge in [0.2, 0.25) is 0 Å². The number of nitrogens with zero attached hydrogens (tertiary/aromatic N) is 4. The molecule has 0 saturated carbocycles. The number of aromatic nitrogens is 4. The van der Waals surface area contributed by atoms with E-state index in [0.717, 1.165) is 11.0 Å². The van der Waals surface area contributed by atoms with Crippen LogP contribution >= 0.6 is 0 Å². The quantitative estimate of drug-likeness (QED) is 0.743. The van der Waals surface area contributed by atoms with E-state index in [0.29, 0.717) is 0 Å². The molecule has 0 atom stereocenters. The number of carboxylic acid groups (broad SMARTS) is 2. The van der Waals surface area contributed by atoms with Gasteiger partial charge in [-0.1, -0.05) is 0 Å². The van der Waals surface area contributed by atoms with Crippen molar-refractivity contribution in [1.82, 2.24) is 19.3 Å². The molecule has 0 saturated heterocycles. The number of rotatable bonds is 3. The molecule has 16 heavy (non-hydrogen) atoms. The Morgan fingerprint density at radius 3 is 2.44 bits per heavy atom. The van der Waals surface area contributed by atoms with Crippen LogP contribution in [0.25, 0.3) is 0 Å². The fraction of sp³-hybridized carbons (Fsp3) is 0. The van der Waals surface area contributed by atoms with Gasteiger partial charge >= 0.3 is 11.9 Å². The fourth-order valence-electron chi connectivity index (χ4n) is 1.25. The third-order valence-corrected chi connectivity index (χ3v) is 1.89. The zero-order chi connectivity index (χ0) is 11.7. The van der Waals surface area contributed by atoms with Crippen LogP contribution in [0.1, 0.15) is 21.0 Å². The van der Waals surface area contributed by atoms with E-state index in [1.54, 1.807) is 0 Å². The Morgan fingerprint density at radius 1 is 1.19 bits per heavy atom. The standard InChI is InChI=1S/C8H6N4O4/c13-7(14)5-6(8(15)16)12(4-10-5)11-2-1-9-3-11/h1-4H,(H,13,14)(H,15,16). The van der Waals surface area contributed by atoms with Crippen LogP contribution in [0.3, 0.4) is 0 Å². The summed E-state index contributed by atoms with van der Waals surface area (Å²) in [6, 6.07) is 0. The highest BCUT2D eigenvalue weighted by Gasteiger charge is 2.23. The van der Waals surface area contributed by atoms with Gasteiger partial charge in [-0.05, 0) is 0 Å². The molecule has 0 spiro atoms. The number of aromatic carboxylic acids is 2. The van der Waals surface area contributed by atoms with Crippen LogP contribution < -0.4 is 0 Å². The van der Waals surface area contributed by atoms with Crippen LogP contribution in [0.5, 0.6) is 0 Å². The molecule has 0 unspecified atom stereocenters. The molecule has 2 aromatic heterocycles. The van der Waals surface area contributed by atoms with E-state index >= 15 is 0 Å². The summed E-state index contributed by atoms with van der Waals surface area (Å²) in [6.45, 7) is 0. The molecule has 0 amide bonds. The molecule has 2 aromatic rings. The van der Waals surface area contributed by atoms with Crippen molar-refractivity contribution in [2.45, 2.75) is 0 Å². The predicted octanol–water partition coefficient (Wildman–Crippen LogP) is -0.213. The fourth-order valence-corrected chi connectivity index (χ4v) is 1.25. The van der Waals surface area contributed by atoms with E-state index in [1.807, 2.05) is 0 Å². The van der Waals surface area contributed by atoms with Crippen molar-refractivity contribution in [2.75, 3.05) is 0 Å². The van der Waals surface area contributed by atoms with Gasteiger partial charge < -0.3 is 10.2 Å². The lowest BCUT2D eigenvalue weighted by Crippen LogP contribution is -2.16. The van der Waals surface area contributed by atoms with Gasteiger partial charge in [-0.2, -0.15) is 0 Å². The van der Waals surface area contributed by atoms with Gasteiger partial charge in [0.05, 0.1) is 0 Å². The number of imidazole rings is 2. The average Bonchev–Trinajstić information content (AvgIpc) is 2.85. The molecule has 8 heteroatoms. The molecule has 2 heterocycles. The smallest absolute Gasteiger partial charge is 0.357 e. The zero-order valence-corrected chi connectivity index (χ0v) is 7.81. The third kappa shape index (κ3) is 1.41. The summed E-state index contributed by atoms with van der Waals surface area (Å²) < 4.78 is 2.39. The number of carbonyl (C=O) groups is 2. The van der Waals surface area contributed by atoms with Crippen molar-refractivity contribution in [2.24, 2.45) is 0 Å². The van der Waals surface area contributed by atoms with Crippen LogP contribution in [0.15, 0.2) is 25.0 Å². The van der Waals surface area contributed by atoms with Crippen molar-refractivity contribution in [3.05, 3.63) is 36.4 Å². The normalized spacial score (nSPS) is 10.2. The molecule has 0 aliphatic carbocycles. The highest BCUT2D eigenvalue weighted by molar-refractivity contribution is 5.99. The van der Waals surface area contributed by atoms with Crippen LogP contribution in [-0.4, -0.2) is 41.5 Å². The lowest BCUT2D eigenvalue weighted by atomic mass is 10.3. The van der Waals surface area contributed by atoms with Crippen molar-refractivity contribution in [3.63, 3.8) is 0 Å². The monoisotopic (exact) mass is 222 g/mol. The van der Waals surface area contributed by atoms with Crippen molar-refractivity contribution in [1.29, 1.82) is 0 Å². The Kier molecular flexibility index (Phi) is 2.16. The minimum absolute atomic E-state index is 0.425. The minimum atomic E-state index is -1.39. The first-order valence-corrected chi connectivity index (χ1v) is 4.14. The third-order valence-electron chi connectivity index (χ3n) is 1.89. The molecule has 0 aromatic carbocycles. The molecular weight excluding hydrogens is 216 g/mol. The van der Waals surface area contributed by atoms with E-state index in [2.05, 4.69) is 9.97 Å². The summed E-state index contributed by atoms with van der Waals surface area (Å²) in [5.41, 5.74) is -0.938. The summed E-state index contributed by atoms with van der Waals surface area (Å²) in [5, 5.41) is 17.7. The van der Waals surface area contributed by atoms with Gasteiger partial charge in [-0.3, -0.25) is 0 Å². The Bertz CT molecular complexity index is 542. The summed E-state index contributed by atoms with van der Waals surface area (Å²) in [5.74, 6) is -2.76. The molecule has 2 N–H and O–H groups in total. The topological polar surface area (TPSA) is 110 Å². The Morgan fingerprint density at radius 2 is 1.94 bits per heavy atom. The van der Waals surface area contributed by atoms with E-state index < -0.39 is 23.3 Å². The maximum atomic E-state index is 10.9. The van der Waals surface area contributed by atoms with Gasteiger partial charge in [0.25, 0.3) is 0 Å². The van der Waals surface area contributed by atoms with Crippen molar-refractivity contribution >= 4 is 11.9 Å².